The molecular weight excluding hydrogens is 246 g/mol. The lowest BCUT2D eigenvalue weighted by Gasteiger charge is -2.05. The summed E-state index contributed by atoms with van der Waals surface area (Å²) in [4.78, 5) is 15.4. The zero-order chi connectivity index (χ0) is 13.8. The molecule has 0 saturated heterocycles. The number of benzene rings is 1. The van der Waals surface area contributed by atoms with E-state index in [9.17, 15) is 4.79 Å². The van der Waals surface area contributed by atoms with E-state index in [1.54, 1.807) is 6.92 Å². The van der Waals surface area contributed by atoms with Crippen molar-refractivity contribution >= 4 is 5.97 Å². The Morgan fingerprint density at radius 1 is 1.37 bits per heavy atom. The summed E-state index contributed by atoms with van der Waals surface area (Å²) < 4.78 is 15.4. The third-order valence-electron chi connectivity index (χ3n) is 2.51. The number of rotatable bonds is 4. The zero-order valence-electron chi connectivity index (χ0n) is 11.1. The normalized spacial score (nSPS) is 10.3. The number of carbonyl (C=O) groups is 1. The topological polar surface area (TPSA) is 61.6 Å². The Kier molecular flexibility index (Phi) is 3.85. The van der Waals surface area contributed by atoms with Crippen molar-refractivity contribution in [1.82, 2.24) is 4.98 Å². The Hall–Kier alpha value is -2.30. The number of esters is 1. The summed E-state index contributed by atoms with van der Waals surface area (Å²) in [6.45, 7) is 5.90. The summed E-state index contributed by atoms with van der Waals surface area (Å²) in [5.74, 6) is 0.124. The van der Waals surface area contributed by atoms with Crippen LogP contribution in [0.3, 0.4) is 0 Å². The van der Waals surface area contributed by atoms with E-state index in [0.29, 0.717) is 12.4 Å². The van der Waals surface area contributed by atoms with Crippen molar-refractivity contribution < 1.29 is 18.7 Å². The third kappa shape index (κ3) is 3.13. The van der Waals surface area contributed by atoms with Gasteiger partial charge in [0.2, 0.25) is 0 Å². The van der Waals surface area contributed by atoms with Crippen LogP contribution in [-0.2, 0) is 4.74 Å². The average molecular weight is 261 g/mol. The minimum Gasteiger partial charge on any atom is -0.461 e. The summed E-state index contributed by atoms with van der Waals surface area (Å²) in [5, 5.41) is 0. The molecule has 1 aromatic heterocycles. The Balaban J connectivity index is 2.15. The number of aromatic nitrogens is 1. The molecule has 1 aromatic carbocycles. The van der Waals surface area contributed by atoms with E-state index in [4.69, 9.17) is 13.9 Å². The van der Waals surface area contributed by atoms with E-state index < -0.39 is 5.97 Å². The van der Waals surface area contributed by atoms with Gasteiger partial charge in [-0.2, -0.15) is 4.98 Å². The van der Waals surface area contributed by atoms with Crippen molar-refractivity contribution in [3.05, 3.63) is 41.3 Å². The largest absolute Gasteiger partial charge is 0.461 e. The first-order valence-corrected chi connectivity index (χ1v) is 5.98. The second-order valence-corrected chi connectivity index (χ2v) is 4.09. The third-order valence-corrected chi connectivity index (χ3v) is 2.51. The first-order valence-electron chi connectivity index (χ1n) is 5.98. The van der Waals surface area contributed by atoms with E-state index >= 15 is 0 Å². The first kappa shape index (κ1) is 13.1. The number of carbonyl (C=O) groups excluding carboxylic acids is 1. The molecule has 0 N–H and O–H groups in total. The second kappa shape index (κ2) is 5.56. The zero-order valence-corrected chi connectivity index (χ0v) is 11.1. The highest BCUT2D eigenvalue weighted by molar-refractivity contribution is 5.86. The van der Waals surface area contributed by atoms with Gasteiger partial charge in [0.25, 0.3) is 0 Å². The molecule has 5 heteroatoms. The Bertz CT molecular complexity index is 589. The van der Waals surface area contributed by atoms with Gasteiger partial charge in [-0.1, -0.05) is 12.1 Å². The SMILES string of the molecule is CCOC(=O)c1coc(Oc2cc(C)ccc2C)n1. The van der Waals surface area contributed by atoms with E-state index in [-0.39, 0.29) is 11.8 Å². The molecule has 1 heterocycles. The van der Waals surface area contributed by atoms with Gasteiger partial charge in [0.15, 0.2) is 5.69 Å². The molecule has 19 heavy (non-hydrogen) atoms. The van der Waals surface area contributed by atoms with Crippen molar-refractivity contribution in [2.75, 3.05) is 6.61 Å². The highest BCUT2D eigenvalue weighted by Gasteiger charge is 2.15. The molecule has 0 amide bonds. The first-order chi connectivity index (χ1) is 9.10. The molecule has 0 unspecified atom stereocenters. The number of aryl methyl sites for hydroxylation is 2. The van der Waals surface area contributed by atoms with Crippen molar-refractivity contribution in [3.63, 3.8) is 0 Å². The van der Waals surface area contributed by atoms with E-state index in [0.717, 1.165) is 11.1 Å². The fourth-order valence-corrected chi connectivity index (χ4v) is 1.51. The number of hydrogen-bond acceptors (Lipinski definition) is 5. The lowest BCUT2D eigenvalue weighted by Crippen LogP contribution is -2.04. The van der Waals surface area contributed by atoms with Crippen LogP contribution in [0.15, 0.2) is 28.9 Å². The van der Waals surface area contributed by atoms with Crippen molar-refractivity contribution in [2.24, 2.45) is 0 Å². The number of hydrogen-bond donors (Lipinski definition) is 0. The van der Waals surface area contributed by atoms with Crippen LogP contribution in [0.5, 0.6) is 11.8 Å². The highest BCUT2D eigenvalue weighted by atomic mass is 16.6. The van der Waals surface area contributed by atoms with Gasteiger partial charge in [-0.15, -0.1) is 0 Å². The van der Waals surface area contributed by atoms with Gasteiger partial charge in [0.05, 0.1) is 6.61 Å². The maximum atomic E-state index is 11.4. The fraction of sp³-hybridized carbons (Fsp3) is 0.286. The van der Waals surface area contributed by atoms with Crippen LogP contribution in [0.25, 0.3) is 0 Å². The van der Waals surface area contributed by atoms with E-state index in [1.165, 1.54) is 6.26 Å². The second-order valence-electron chi connectivity index (χ2n) is 4.09. The molecule has 0 fully saturated rings. The quantitative estimate of drug-likeness (QED) is 0.790. The summed E-state index contributed by atoms with van der Waals surface area (Å²) in [6.07, 6.45) is 1.25. The van der Waals surface area contributed by atoms with Gasteiger partial charge in [0.1, 0.15) is 12.0 Å². The maximum Gasteiger partial charge on any atom is 0.399 e. The molecule has 0 aliphatic carbocycles. The summed E-state index contributed by atoms with van der Waals surface area (Å²) in [7, 11) is 0. The van der Waals surface area contributed by atoms with Crippen molar-refractivity contribution in [3.8, 4) is 11.8 Å². The van der Waals surface area contributed by atoms with Crippen LogP contribution in [0.4, 0.5) is 0 Å². The van der Waals surface area contributed by atoms with E-state index in [1.807, 2.05) is 32.0 Å². The van der Waals surface area contributed by atoms with Crippen LogP contribution in [0, 0.1) is 13.8 Å². The van der Waals surface area contributed by atoms with Crippen LogP contribution in [-0.4, -0.2) is 17.6 Å². The predicted octanol–water partition coefficient (Wildman–Crippen LogP) is 3.26. The molecular formula is C14H15NO4. The number of ether oxygens (including phenoxy) is 2. The summed E-state index contributed by atoms with van der Waals surface area (Å²) in [6, 6.07) is 5.81. The van der Waals surface area contributed by atoms with E-state index in [2.05, 4.69) is 4.98 Å². The average Bonchev–Trinajstić information content (AvgIpc) is 2.83. The molecule has 0 aliphatic heterocycles. The summed E-state index contributed by atoms with van der Waals surface area (Å²) >= 11 is 0. The van der Waals surface area contributed by atoms with Gasteiger partial charge in [-0.05, 0) is 38.0 Å². The number of oxazole rings is 1. The Labute approximate surface area is 111 Å². The lowest BCUT2D eigenvalue weighted by atomic mass is 10.1. The molecule has 0 bridgehead atoms. The fourth-order valence-electron chi connectivity index (χ4n) is 1.51. The Morgan fingerprint density at radius 2 is 2.16 bits per heavy atom. The van der Waals surface area contributed by atoms with Gasteiger partial charge >= 0.3 is 12.0 Å². The summed E-state index contributed by atoms with van der Waals surface area (Å²) in [5.41, 5.74) is 2.13. The van der Waals surface area contributed by atoms with Gasteiger partial charge in [0, 0.05) is 0 Å². The minimum atomic E-state index is -0.526. The maximum absolute atomic E-state index is 11.4. The van der Waals surface area contributed by atoms with Gasteiger partial charge in [-0.25, -0.2) is 4.79 Å². The lowest BCUT2D eigenvalue weighted by molar-refractivity contribution is 0.0519. The van der Waals surface area contributed by atoms with Crippen molar-refractivity contribution in [1.29, 1.82) is 0 Å². The minimum absolute atomic E-state index is 0.0248. The van der Waals surface area contributed by atoms with Crippen LogP contribution < -0.4 is 4.74 Å². The molecule has 0 spiro atoms. The molecule has 5 nitrogen and oxygen atoms in total. The molecule has 0 aliphatic rings. The van der Waals surface area contributed by atoms with Crippen LogP contribution >= 0.6 is 0 Å². The molecule has 0 saturated carbocycles. The molecule has 2 rings (SSSR count). The molecule has 0 atom stereocenters. The van der Waals surface area contributed by atoms with Crippen molar-refractivity contribution in [2.45, 2.75) is 20.8 Å². The number of nitrogens with zero attached hydrogens (tertiary/aromatic N) is 1. The smallest absolute Gasteiger partial charge is 0.399 e. The molecule has 100 valence electrons. The standard InChI is InChI=1S/C14H15NO4/c1-4-17-13(16)11-8-18-14(15-11)19-12-7-9(2)5-6-10(12)3/h5-8H,4H2,1-3H3. The molecule has 2 aromatic rings. The van der Waals surface area contributed by atoms with Gasteiger partial charge in [-0.3, -0.25) is 0 Å². The predicted molar refractivity (Wildman–Crippen MR) is 68.4 cm³/mol. The van der Waals surface area contributed by atoms with Gasteiger partial charge < -0.3 is 13.9 Å². The monoisotopic (exact) mass is 261 g/mol. The van der Waals surface area contributed by atoms with Crippen LogP contribution in [0.1, 0.15) is 28.5 Å². The Morgan fingerprint density at radius 3 is 2.89 bits per heavy atom. The molecule has 0 radical (unpaired) electrons. The van der Waals surface area contributed by atoms with Crippen LogP contribution in [0.2, 0.25) is 0 Å². The highest BCUT2D eigenvalue weighted by Crippen LogP contribution is 2.25.